The number of aliphatic hydroxyl groups is 4. The van der Waals surface area contributed by atoms with Gasteiger partial charge in [-0.2, -0.15) is 0 Å². The molecule has 0 aliphatic rings. The summed E-state index contributed by atoms with van der Waals surface area (Å²) in [6.07, 6.45) is -5.12. The van der Waals surface area contributed by atoms with E-state index in [0.717, 1.165) is 0 Å². The number of aliphatic hydroxyl groups excluding tert-OH is 4. The van der Waals surface area contributed by atoms with E-state index in [9.17, 15) is 4.79 Å². The number of carbonyl (C=O) groups is 1. The minimum Gasteiger partial charge on any atom is -0.464 e. The minimum absolute atomic E-state index is 0.0673. The van der Waals surface area contributed by atoms with Gasteiger partial charge >= 0.3 is 5.97 Å². The summed E-state index contributed by atoms with van der Waals surface area (Å²) in [6.45, 7) is 0.870. The number of carbonyl (C=O) groups excluding carboxylic acids is 1. The molecule has 0 fully saturated rings. The van der Waals surface area contributed by atoms with E-state index in [1.807, 2.05) is 0 Å². The molecular weight excluding hydrogens is 180 g/mol. The van der Waals surface area contributed by atoms with Crippen LogP contribution >= 0.6 is 0 Å². The second-order valence-electron chi connectivity index (χ2n) is 2.44. The van der Waals surface area contributed by atoms with Crippen LogP contribution in [0.15, 0.2) is 0 Å². The van der Waals surface area contributed by atoms with E-state index in [-0.39, 0.29) is 6.61 Å². The van der Waals surface area contributed by atoms with Crippen molar-refractivity contribution in [1.82, 2.24) is 0 Å². The summed E-state index contributed by atoms with van der Waals surface area (Å²) in [5, 5.41) is 35.3. The van der Waals surface area contributed by atoms with E-state index >= 15 is 0 Å². The molecule has 0 aliphatic heterocycles. The fourth-order valence-electron chi connectivity index (χ4n) is 0.685. The van der Waals surface area contributed by atoms with Gasteiger partial charge in [-0.25, -0.2) is 4.79 Å². The van der Waals surface area contributed by atoms with Gasteiger partial charge in [0.2, 0.25) is 0 Å². The quantitative estimate of drug-likeness (QED) is 0.364. The van der Waals surface area contributed by atoms with E-state index in [4.69, 9.17) is 20.4 Å². The van der Waals surface area contributed by atoms with Crippen molar-refractivity contribution >= 4 is 5.97 Å². The third kappa shape index (κ3) is 3.69. The summed E-state index contributed by atoms with van der Waals surface area (Å²) in [6, 6.07) is 0. The Balaban J connectivity index is 4.07. The average Bonchev–Trinajstić information content (AvgIpc) is 2.14. The zero-order valence-corrected chi connectivity index (χ0v) is 7.25. The largest absolute Gasteiger partial charge is 0.464 e. The molecular formula is C7H14O6. The van der Waals surface area contributed by atoms with Gasteiger partial charge in [0.05, 0.1) is 13.2 Å². The topological polar surface area (TPSA) is 107 Å². The first-order chi connectivity index (χ1) is 6.04. The monoisotopic (exact) mass is 194 g/mol. The highest BCUT2D eigenvalue weighted by Crippen LogP contribution is 2.01. The molecule has 3 atom stereocenters. The molecule has 0 spiro atoms. The molecule has 4 N–H and O–H groups in total. The van der Waals surface area contributed by atoms with Crippen LogP contribution in [0, 0.1) is 0 Å². The van der Waals surface area contributed by atoms with E-state index in [1.165, 1.54) is 0 Å². The van der Waals surface area contributed by atoms with Crippen LogP contribution in [0.25, 0.3) is 0 Å². The van der Waals surface area contributed by atoms with Gasteiger partial charge in [-0.05, 0) is 6.92 Å². The highest BCUT2D eigenvalue weighted by atomic mass is 16.5. The van der Waals surface area contributed by atoms with Crippen molar-refractivity contribution in [2.75, 3.05) is 13.2 Å². The summed E-state index contributed by atoms with van der Waals surface area (Å²) in [7, 11) is 0. The molecule has 0 aromatic rings. The first kappa shape index (κ1) is 12.3. The number of ether oxygens (including phenoxy) is 1. The Morgan fingerprint density at radius 3 is 2.31 bits per heavy atom. The van der Waals surface area contributed by atoms with Crippen LogP contribution in [0.1, 0.15) is 6.92 Å². The molecule has 0 saturated heterocycles. The predicted molar refractivity (Wildman–Crippen MR) is 41.7 cm³/mol. The van der Waals surface area contributed by atoms with E-state index in [1.54, 1.807) is 6.92 Å². The lowest BCUT2D eigenvalue weighted by Gasteiger charge is -2.19. The van der Waals surface area contributed by atoms with Crippen LogP contribution < -0.4 is 0 Å². The zero-order valence-electron chi connectivity index (χ0n) is 7.25. The third-order valence-corrected chi connectivity index (χ3v) is 1.43. The molecule has 78 valence electrons. The molecule has 0 heterocycles. The molecule has 0 radical (unpaired) electrons. The van der Waals surface area contributed by atoms with Crippen molar-refractivity contribution in [2.45, 2.75) is 25.2 Å². The third-order valence-electron chi connectivity index (χ3n) is 1.43. The maximum Gasteiger partial charge on any atom is 0.337 e. The van der Waals surface area contributed by atoms with Gasteiger partial charge in [-0.15, -0.1) is 0 Å². The van der Waals surface area contributed by atoms with Gasteiger partial charge in [0.25, 0.3) is 0 Å². The summed E-state index contributed by atoms with van der Waals surface area (Å²) >= 11 is 0. The maximum atomic E-state index is 10.8. The number of esters is 1. The molecule has 13 heavy (non-hydrogen) atoms. The van der Waals surface area contributed by atoms with Gasteiger partial charge in [0, 0.05) is 0 Å². The molecule has 6 heteroatoms. The van der Waals surface area contributed by atoms with Crippen molar-refractivity contribution in [3.63, 3.8) is 0 Å². The smallest absolute Gasteiger partial charge is 0.337 e. The Bertz CT molecular complexity index is 159. The number of rotatable bonds is 5. The van der Waals surface area contributed by atoms with Crippen molar-refractivity contribution in [3.05, 3.63) is 0 Å². The molecule has 0 rings (SSSR count). The van der Waals surface area contributed by atoms with Crippen LogP contribution in [0.3, 0.4) is 0 Å². The lowest BCUT2D eigenvalue weighted by atomic mass is 10.1. The normalized spacial score (nSPS) is 17.6. The van der Waals surface area contributed by atoms with Gasteiger partial charge in [-0.1, -0.05) is 0 Å². The second-order valence-corrected chi connectivity index (χ2v) is 2.44. The Kier molecular flexibility index (Phi) is 5.56. The lowest BCUT2D eigenvalue weighted by molar-refractivity contribution is -0.165. The van der Waals surface area contributed by atoms with E-state index in [2.05, 4.69) is 4.74 Å². The average molecular weight is 194 g/mol. The fourth-order valence-corrected chi connectivity index (χ4v) is 0.685. The van der Waals surface area contributed by atoms with E-state index < -0.39 is 30.9 Å². The standard InChI is InChI=1S/C7H14O6/c1-2-13-7(12)6(11)5(10)4(9)3-8/h4-6,8-11H,2-3H2,1H3/t4-,5+,6-/m1/s1. The van der Waals surface area contributed by atoms with Crippen LogP contribution in [0.4, 0.5) is 0 Å². The molecule has 0 aromatic heterocycles. The molecule has 6 nitrogen and oxygen atoms in total. The van der Waals surface area contributed by atoms with Crippen LogP contribution in [-0.2, 0) is 9.53 Å². The van der Waals surface area contributed by atoms with E-state index in [0.29, 0.717) is 0 Å². The second kappa shape index (κ2) is 5.87. The van der Waals surface area contributed by atoms with Gasteiger partial charge < -0.3 is 25.2 Å². The van der Waals surface area contributed by atoms with Crippen molar-refractivity contribution in [3.8, 4) is 0 Å². The maximum absolute atomic E-state index is 10.8. The fraction of sp³-hybridized carbons (Fsp3) is 0.857. The van der Waals surface area contributed by atoms with Gasteiger partial charge in [-0.3, -0.25) is 0 Å². The van der Waals surface area contributed by atoms with Crippen LogP contribution in [0.5, 0.6) is 0 Å². The summed E-state index contributed by atoms with van der Waals surface area (Å²) in [5.41, 5.74) is 0. The first-order valence-electron chi connectivity index (χ1n) is 3.86. The zero-order chi connectivity index (χ0) is 10.4. The van der Waals surface area contributed by atoms with Crippen LogP contribution in [-0.4, -0.2) is 57.9 Å². The minimum atomic E-state index is -1.83. The molecule has 0 saturated carbocycles. The van der Waals surface area contributed by atoms with Gasteiger partial charge in [0.15, 0.2) is 6.10 Å². The van der Waals surface area contributed by atoms with Crippen molar-refractivity contribution < 1.29 is 30.0 Å². The molecule has 0 bridgehead atoms. The Morgan fingerprint density at radius 1 is 1.38 bits per heavy atom. The predicted octanol–water partition coefficient (Wildman–Crippen LogP) is -2.38. The lowest BCUT2D eigenvalue weighted by Crippen LogP contribution is -2.44. The molecule has 0 unspecified atom stereocenters. The molecule has 0 aliphatic carbocycles. The molecule has 0 aromatic carbocycles. The SMILES string of the molecule is CCOC(=O)[C@H](O)[C@@H](O)[C@H](O)CO. The number of hydrogen-bond acceptors (Lipinski definition) is 6. The summed E-state index contributed by atoms with van der Waals surface area (Å²) in [5.74, 6) is -1.03. The van der Waals surface area contributed by atoms with Crippen LogP contribution in [0.2, 0.25) is 0 Å². The highest BCUT2D eigenvalue weighted by molar-refractivity contribution is 5.75. The highest BCUT2D eigenvalue weighted by Gasteiger charge is 2.30. The summed E-state index contributed by atoms with van der Waals surface area (Å²) in [4.78, 5) is 10.8. The summed E-state index contributed by atoms with van der Waals surface area (Å²) < 4.78 is 4.38. The van der Waals surface area contributed by atoms with Crippen molar-refractivity contribution in [1.29, 1.82) is 0 Å². The van der Waals surface area contributed by atoms with Crippen molar-refractivity contribution in [2.24, 2.45) is 0 Å². The number of hydrogen-bond donors (Lipinski definition) is 4. The Morgan fingerprint density at radius 2 is 1.92 bits per heavy atom. The first-order valence-corrected chi connectivity index (χ1v) is 3.86. The molecule has 0 amide bonds. The Labute approximate surface area is 75.4 Å². The van der Waals surface area contributed by atoms with Gasteiger partial charge in [0.1, 0.15) is 12.2 Å². The Hall–Kier alpha value is -0.690.